The maximum Gasteiger partial charge on any atom is 0.264 e. The number of anilines is 1. The molecule has 0 saturated carbocycles. The van der Waals surface area contributed by atoms with E-state index in [0.717, 1.165) is 15.9 Å². The molecule has 0 heterocycles. The molecule has 0 aliphatic rings. The minimum absolute atomic E-state index is 0.0947. The fraction of sp³-hybridized carbons (Fsp3) is 0.310. The zero-order valence-electron chi connectivity index (χ0n) is 22.5. The van der Waals surface area contributed by atoms with Crippen LogP contribution in [0.15, 0.2) is 71.6 Å². The lowest BCUT2D eigenvalue weighted by Crippen LogP contribution is -2.52. The molecule has 3 aromatic rings. The molecule has 3 aromatic carbocycles. The molecule has 7 nitrogen and oxygen atoms in total. The zero-order valence-corrected chi connectivity index (χ0v) is 24.9. The van der Waals surface area contributed by atoms with E-state index in [2.05, 4.69) is 5.32 Å². The van der Waals surface area contributed by atoms with E-state index in [1.54, 1.807) is 31.2 Å². The molecule has 0 aliphatic heterocycles. The minimum Gasteiger partial charge on any atom is -0.354 e. The van der Waals surface area contributed by atoms with Gasteiger partial charge in [0.05, 0.1) is 10.6 Å². The van der Waals surface area contributed by atoms with Gasteiger partial charge in [-0.25, -0.2) is 12.8 Å². The molecule has 40 heavy (non-hydrogen) atoms. The van der Waals surface area contributed by atoms with E-state index in [1.165, 1.54) is 41.3 Å². The maximum absolute atomic E-state index is 15.0. The van der Waals surface area contributed by atoms with Crippen LogP contribution in [0.4, 0.5) is 10.1 Å². The summed E-state index contributed by atoms with van der Waals surface area (Å²) in [5.74, 6) is -1.91. The van der Waals surface area contributed by atoms with E-state index in [4.69, 9.17) is 23.2 Å². The molecule has 0 radical (unpaired) electrons. The second-order valence-corrected chi connectivity index (χ2v) is 12.0. The molecular weight excluding hydrogens is 576 g/mol. The van der Waals surface area contributed by atoms with Gasteiger partial charge >= 0.3 is 0 Å². The van der Waals surface area contributed by atoms with Gasteiger partial charge in [0.15, 0.2) is 0 Å². The molecule has 0 aromatic heterocycles. The van der Waals surface area contributed by atoms with Crippen LogP contribution in [-0.4, -0.2) is 44.3 Å². The third-order valence-corrected chi connectivity index (χ3v) is 8.66. The van der Waals surface area contributed by atoms with Gasteiger partial charge in [0.1, 0.15) is 18.4 Å². The van der Waals surface area contributed by atoms with Crippen LogP contribution < -0.4 is 9.62 Å². The summed E-state index contributed by atoms with van der Waals surface area (Å²) in [6.07, 6.45) is 0.936. The Morgan fingerprint density at radius 1 is 1.00 bits per heavy atom. The normalized spacial score (nSPS) is 12.1. The van der Waals surface area contributed by atoms with Crippen molar-refractivity contribution in [3.8, 4) is 0 Å². The first-order valence-electron chi connectivity index (χ1n) is 12.8. The summed E-state index contributed by atoms with van der Waals surface area (Å²) in [7, 11) is -4.37. The first-order chi connectivity index (χ1) is 19.0. The number of sulfonamides is 1. The summed E-state index contributed by atoms with van der Waals surface area (Å²) >= 11 is 12.4. The van der Waals surface area contributed by atoms with Crippen molar-refractivity contribution in [2.45, 2.75) is 51.1 Å². The van der Waals surface area contributed by atoms with E-state index in [0.29, 0.717) is 23.6 Å². The Hall–Kier alpha value is -3.14. The van der Waals surface area contributed by atoms with Crippen LogP contribution in [0.5, 0.6) is 0 Å². The molecule has 0 fully saturated rings. The standard InChI is InChI=1S/C29H32Cl2FN3O4S/c1-4-16-33-29(37)26(5-2)34(18-21-12-13-22(30)17-24(21)31)28(36)19-35(27-9-7-6-8-25(27)32)40(38,39)23-14-10-20(3)11-15-23/h6-15,17,26H,4-5,16,18-19H2,1-3H3,(H,33,37)/t26-/m0/s1. The van der Waals surface area contributed by atoms with Crippen molar-refractivity contribution < 1.29 is 22.4 Å². The summed E-state index contributed by atoms with van der Waals surface area (Å²) < 4.78 is 43.3. The first kappa shape index (κ1) is 31.4. The van der Waals surface area contributed by atoms with Gasteiger partial charge in [-0.05, 0) is 61.7 Å². The number of hydrogen-bond acceptors (Lipinski definition) is 4. The van der Waals surface area contributed by atoms with E-state index < -0.39 is 34.3 Å². The second-order valence-electron chi connectivity index (χ2n) is 9.25. The van der Waals surface area contributed by atoms with Crippen molar-refractivity contribution in [3.63, 3.8) is 0 Å². The summed E-state index contributed by atoms with van der Waals surface area (Å²) in [5.41, 5.74) is 1.06. The lowest BCUT2D eigenvalue weighted by Gasteiger charge is -2.33. The molecule has 11 heteroatoms. The van der Waals surface area contributed by atoms with E-state index in [-0.39, 0.29) is 34.5 Å². The Bertz CT molecular complexity index is 1450. The fourth-order valence-electron chi connectivity index (χ4n) is 4.12. The molecular formula is C29H32Cl2FN3O4S. The third kappa shape index (κ3) is 7.53. The minimum atomic E-state index is -4.37. The number of benzene rings is 3. The van der Waals surface area contributed by atoms with Crippen molar-refractivity contribution in [3.05, 3.63) is 93.7 Å². The number of nitrogens with zero attached hydrogens (tertiary/aromatic N) is 2. The lowest BCUT2D eigenvalue weighted by atomic mass is 10.1. The molecule has 1 atom stereocenters. The van der Waals surface area contributed by atoms with Crippen LogP contribution in [0, 0.1) is 12.7 Å². The highest BCUT2D eigenvalue weighted by molar-refractivity contribution is 7.92. The molecule has 2 amide bonds. The fourth-order valence-corrected chi connectivity index (χ4v) is 6.01. The average Bonchev–Trinajstić information content (AvgIpc) is 2.92. The van der Waals surface area contributed by atoms with Crippen molar-refractivity contribution in [1.82, 2.24) is 10.2 Å². The molecule has 214 valence electrons. The van der Waals surface area contributed by atoms with Crippen molar-refractivity contribution in [2.24, 2.45) is 0 Å². The summed E-state index contributed by atoms with van der Waals surface area (Å²) in [6, 6.07) is 15.2. The topological polar surface area (TPSA) is 86.8 Å². The van der Waals surface area contributed by atoms with Crippen LogP contribution in [-0.2, 0) is 26.2 Å². The van der Waals surface area contributed by atoms with E-state index >= 15 is 4.39 Å². The number of hydrogen-bond donors (Lipinski definition) is 1. The number of para-hydroxylation sites is 1. The van der Waals surface area contributed by atoms with Gasteiger partial charge in [-0.2, -0.15) is 0 Å². The molecule has 0 aliphatic carbocycles. The van der Waals surface area contributed by atoms with Gasteiger partial charge in [0.25, 0.3) is 10.0 Å². The molecule has 1 N–H and O–H groups in total. The number of carbonyl (C=O) groups excluding carboxylic acids is 2. The number of aryl methyl sites for hydroxylation is 1. The molecule has 0 bridgehead atoms. The van der Waals surface area contributed by atoms with Crippen molar-refractivity contribution in [1.29, 1.82) is 0 Å². The highest BCUT2D eigenvalue weighted by Crippen LogP contribution is 2.28. The monoisotopic (exact) mass is 607 g/mol. The van der Waals surface area contributed by atoms with Crippen LogP contribution in [0.25, 0.3) is 0 Å². The highest BCUT2D eigenvalue weighted by atomic mass is 35.5. The Morgan fingerprint density at radius 3 is 2.27 bits per heavy atom. The predicted molar refractivity (Wildman–Crippen MR) is 157 cm³/mol. The predicted octanol–water partition coefficient (Wildman–Crippen LogP) is 5.97. The van der Waals surface area contributed by atoms with Gasteiger partial charge < -0.3 is 10.2 Å². The second kappa shape index (κ2) is 14.0. The Balaban J connectivity index is 2.08. The van der Waals surface area contributed by atoms with Crippen LogP contribution >= 0.6 is 23.2 Å². The molecule has 0 saturated heterocycles. The van der Waals surface area contributed by atoms with Gasteiger partial charge in [-0.3, -0.25) is 13.9 Å². The Kier molecular flexibility index (Phi) is 11.0. The Morgan fingerprint density at radius 2 is 1.68 bits per heavy atom. The molecule has 3 rings (SSSR count). The molecule has 0 unspecified atom stereocenters. The first-order valence-corrected chi connectivity index (χ1v) is 15.0. The van der Waals surface area contributed by atoms with E-state index in [9.17, 15) is 18.0 Å². The van der Waals surface area contributed by atoms with Gasteiger partial charge in [-0.15, -0.1) is 0 Å². The average molecular weight is 609 g/mol. The zero-order chi connectivity index (χ0) is 29.4. The van der Waals surface area contributed by atoms with Gasteiger partial charge in [0.2, 0.25) is 11.8 Å². The largest absolute Gasteiger partial charge is 0.354 e. The maximum atomic E-state index is 15.0. The number of nitrogens with one attached hydrogen (secondary N) is 1. The number of amides is 2. The quantitative estimate of drug-likeness (QED) is 0.275. The van der Waals surface area contributed by atoms with Crippen molar-refractivity contribution >= 4 is 50.7 Å². The number of halogens is 3. The third-order valence-electron chi connectivity index (χ3n) is 6.30. The van der Waals surface area contributed by atoms with Crippen molar-refractivity contribution in [2.75, 3.05) is 17.4 Å². The van der Waals surface area contributed by atoms with Gasteiger partial charge in [0, 0.05) is 23.1 Å². The van der Waals surface area contributed by atoms with Gasteiger partial charge in [-0.1, -0.05) is 72.9 Å². The SMILES string of the molecule is CCCNC(=O)[C@H](CC)N(Cc1ccc(Cl)cc1Cl)C(=O)CN(c1ccccc1F)S(=O)(=O)c1ccc(C)cc1. The number of rotatable bonds is 12. The van der Waals surface area contributed by atoms with Crippen LogP contribution in [0.3, 0.4) is 0 Å². The smallest absolute Gasteiger partial charge is 0.264 e. The van der Waals surface area contributed by atoms with Crippen LogP contribution in [0.2, 0.25) is 10.0 Å². The molecule has 0 spiro atoms. The summed E-state index contributed by atoms with van der Waals surface area (Å²) in [4.78, 5) is 28.3. The highest BCUT2D eigenvalue weighted by Gasteiger charge is 2.34. The number of carbonyl (C=O) groups is 2. The van der Waals surface area contributed by atoms with E-state index in [1.807, 2.05) is 13.8 Å². The summed E-state index contributed by atoms with van der Waals surface area (Å²) in [5, 5.41) is 3.49. The van der Waals surface area contributed by atoms with Crippen LogP contribution in [0.1, 0.15) is 37.8 Å². The Labute approximate surface area is 244 Å². The lowest BCUT2D eigenvalue weighted by molar-refractivity contribution is -0.140. The summed E-state index contributed by atoms with van der Waals surface area (Å²) in [6.45, 7) is 5.02.